The molecule has 0 aliphatic carbocycles. The lowest BCUT2D eigenvalue weighted by molar-refractivity contribution is 0.0957. The quantitative estimate of drug-likeness (QED) is 0.554. The van der Waals surface area contributed by atoms with Gasteiger partial charge in [0, 0.05) is 47.6 Å². The Kier molecular flexibility index (Phi) is 5.34. The molecule has 8 nitrogen and oxygen atoms in total. The number of carbonyl (C=O) groups is 1. The van der Waals surface area contributed by atoms with Gasteiger partial charge in [0.25, 0.3) is 5.91 Å². The minimum absolute atomic E-state index is 0.139. The maximum absolute atomic E-state index is 13.2. The first-order valence-electron chi connectivity index (χ1n) is 10.6. The van der Waals surface area contributed by atoms with Crippen LogP contribution in [-0.4, -0.2) is 44.9 Å². The number of imidazole rings is 1. The summed E-state index contributed by atoms with van der Waals surface area (Å²) in [5.41, 5.74) is 7.17. The number of nitrogens with one attached hydrogen (secondary N) is 3. The molecule has 0 spiro atoms. The number of aryl methyl sites for hydroxylation is 2. The van der Waals surface area contributed by atoms with E-state index in [1.54, 1.807) is 6.21 Å². The second kappa shape index (κ2) is 8.31. The predicted molar refractivity (Wildman–Crippen MR) is 128 cm³/mol. The molecule has 0 fully saturated rings. The normalized spacial score (nSPS) is 17.9. The van der Waals surface area contributed by atoms with Gasteiger partial charge in [-0.25, -0.2) is 4.98 Å². The SMILES string of the molecule is CC1=CCC(c2cnc3c(-c4c(C)n[nH]c4C)cc(C(=O)NCC4=CNCN=C4)cn23)S1. The van der Waals surface area contributed by atoms with Crippen molar-refractivity contribution in [1.82, 2.24) is 30.2 Å². The van der Waals surface area contributed by atoms with Crippen LogP contribution in [0.3, 0.4) is 0 Å². The molecule has 3 aromatic heterocycles. The number of aliphatic imine (C=N–C) groups is 1. The van der Waals surface area contributed by atoms with Crippen LogP contribution in [0.4, 0.5) is 0 Å². The number of amides is 1. The molecule has 0 bridgehead atoms. The molecule has 0 saturated heterocycles. The van der Waals surface area contributed by atoms with E-state index in [9.17, 15) is 4.79 Å². The highest BCUT2D eigenvalue weighted by Crippen LogP contribution is 2.44. The monoisotopic (exact) mass is 447 g/mol. The van der Waals surface area contributed by atoms with Crippen LogP contribution in [0.1, 0.15) is 46.0 Å². The number of H-pyrrole nitrogens is 1. The molecule has 2 aliphatic heterocycles. The van der Waals surface area contributed by atoms with Gasteiger partial charge in [0.05, 0.1) is 28.4 Å². The number of aromatic nitrogens is 4. The van der Waals surface area contributed by atoms with E-state index >= 15 is 0 Å². The number of hydrogen-bond acceptors (Lipinski definition) is 6. The van der Waals surface area contributed by atoms with E-state index in [-0.39, 0.29) is 11.2 Å². The van der Waals surface area contributed by atoms with Crippen LogP contribution in [0.5, 0.6) is 0 Å². The average molecular weight is 448 g/mol. The summed E-state index contributed by atoms with van der Waals surface area (Å²) in [6, 6.07) is 1.92. The molecule has 3 aromatic rings. The van der Waals surface area contributed by atoms with Crippen LogP contribution >= 0.6 is 11.8 Å². The molecule has 5 rings (SSSR count). The number of allylic oxidation sites excluding steroid dienone is 2. The van der Waals surface area contributed by atoms with E-state index in [0.717, 1.165) is 45.8 Å². The van der Waals surface area contributed by atoms with E-state index in [0.29, 0.717) is 18.8 Å². The van der Waals surface area contributed by atoms with E-state index in [1.807, 2.05) is 50.3 Å². The number of aromatic amines is 1. The largest absolute Gasteiger partial charge is 0.372 e. The fourth-order valence-electron chi connectivity index (χ4n) is 4.18. The average Bonchev–Trinajstić information content (AvgIpc) is 3.50. The standard InChI is InChI=1S/C23H25N7OS/c1-13-4-5-20(32-13)19-10-26-22-18(21-14(2)28-29-15(21)3)6-17(11-30(19)22)23(31)27-9-16-7-24-12-25-8-16/h4,6-8,10-11,20,24H,5,9,12H2,1-3H3,(H,27,31)(H,28,29). The van der Waals surface area contributed by atoms with E-state index in [1.165, 1.54) is 4.91 Å². The van der Waals surface area contributed by atoms with Crippen molar-refractivity contribution < 1.29 is 4.79 Å². The summed E-state index contributed by atoms with van der Waals surface area (Å²) in [6.45, 7) is 7.06. The van der Waals surface area contributed by atoms with Crippen LogP contribution < -0.4 is 10.6 Å². The maximum Gasteiger partial charge on any atom is 0.253 e. The van der Waals surface area contributed by atoms with Gasteiger partial charge < -0.3 is 15.0 Å². The van der Waals surface area contributed by atoms with Crippen LogP contribution in [0.2, 0.25) is 0 Å². The summed E-state index contributed by atoms with van der Waals surface area (Å²) in [6.07, 6.45) is 10.7. The molecule has 3 N–H and O–H groups in total. The van der Waals surface area contributed by atoms with Crippen molar-refractivity contribution >= 4 is 29.5 Å². The van der Waals surface area contributed by atoms with Crippen LogP contribution in [0.15, 0.2) is 46.2 Å². The molecule has 164 valence electrons. The summed E-state index contributed by atoms with van der Waals surface area (Å²) in [4.78, 5) is 23.4. The Morgan fingerprint density at radius 2 is 2.22 bits per heavy atom. The Balaban J connectivity index is 1.57. The van der Waals surface area contributed by atoms with Crippen molar-refractivity contribution in [2.45, 2.75) is 32.4 Å². The van der Waals surface area contributed by atoms with Gasteiger partial charge in [-0.3, -0.25) is 14.9 Å². The summed E-state index contributed by atoms with van der Waals surface area (Å²) in [5.74, 6) is -0.139. The zero-order valence-electron chi connectivity index (χ0n) is 18.3. The fourth-order valence-corrected chi connectivity index (χ4v) is 5.31. The molecular weight excluding hydrogens is 422 g/mol. The number of rotatable bonds is 5. The van der Waals surface area contributed by atoms with Gasteiger partial charge in [-0.2, -0.15) is 5.10 Å². The summed E-state index contributed by atoms with van der Waals surface area (Å²) >= 11 is 1.84. The highest BCUT2D eigenvalue weighted by molar-refractivity contribution is 8.03. The minimum Gasteiger partial charge on any atom is -0.372 e. The van der Waals surface area contributed by atoms with Crippen molar-refractivity contribution in [2.75, 3.05) is 13.2 Å². The lowest BCUT2D eigenvalue weighted by Crippen LogP contribution is -2.28. The number of hydrogen-bond donors (Lipinski definition) is 3. The Morgan fingerprint density at radius 1 is 1.34 bits per heavy atom. The van der Waals surface area contributed by atoms with E-state index < -0.39 is 0 Å². The van der Waals surface area contributed by atoms with Crippen molar-refractivity contribution in [3.05, 3.63) is 63.9 Å². The number of thioether (sulfide) groups is 1. The number of fused-ring (bicyclic) bond motifs is 1. The molecule has 32 heavy (non-hydrogen) atoms. The molecule has 0 aromatic carbocycles. The molecule has 0 radical (unpaired) electrons. The Hall–Kier alpha value is -3.33. The highest BCUT2D eigenvalue weighted by atomic mass is 32.2. The first-order valence-corrected chi connectivity index (χ1v) is 11.5. The van der Waals surface area contributed by atoms with Gasteiger partial charge >= 0.3 is 0 Å². The smallest absolute Gasteiger partial charge is 0.253 e. The molecule has 2 aliphatic rings. The highest BCUT2D eigenvalue weighted by Gasteiger charge is 2.24. The number of nitrogens with zero attached hydrogens (tertiary/aromatic N) is 4. The Morgan fingerprint density at radius 3 is 2.91 bits per heavy atom. The first-order chi connectivity index (χ1) is 15.5. The Bertz CT molecular complexity index is 1280. The Labute approximate surface area is 190 Å². The number of carbonyl (C=O) groups excluding carboxylic acids is 1. The molecule has 9 heteroatoms. The zero-order valence-corrected chi connectivity index (χ0v) is 19.1. The third-order valence-corrected chi connectivity index (χ3v) is 7.01. The van der Waals surface area contributed by atoms with Crippen molar-refractivity contribution in [1.29, 1.82) is 0 Å². The van der Waals surface area contributed by atoms with Crippen molar-refractivity contribution in [3.63, 3.8) is 0 Å². The van der Waals surface area contributed by atoms with Gasteiger partial charge in [-0.05, 0) is 38.2 Å². The van der Waals surface area contributed by atoms with E-state index in [4.69, 9.17) is 4.98 Å². The molecule has 0 saturated carbocycles. The van der Waals surface area contributed by atoms with Gasteiger partial charge in [-0.1, -0.05) is 6.08 Å². The van der Waals surface area contributed by atoms with Crippen molar-refractivity contribution in [2.24, 2.45) is 4.99 Å². The third kappa shape index (κ3) is 3.73. The first kappa shape index (κ1) is 20.6. The maximum atomic E-state index is 13.2. The predicted octanol–water partition coefficient (Wildman–Crippen LogP) is 3.67. The van der Waals surface area contributed by atoms with Gasteiger partial charge in [-0.15, -0.1) is 11.8 Å². The van der Waals surface area contributed by atoms with Crippen LogP contribution in [-0.2, 0) is 0 Å². The lowest BCUT2D eigenvalue weighted by atomic mass is 10.0. The van der Waals surface area contributed by atoms with Gasteiger partial charge in [0.1, 0.15) is 12.3 Å². The molecular formula is C23H25N7OS. The minimum atomic E-state index is -0.139. The summed E-state index contributed by atoms with van der Waals surface area (Å²) < 4.78 is 2.07. The molecule has 1 amide bonds. The lowest BCUT2D eigenvalue weighted by Gasteiger charge is -2.14. The fraction of sp³-hybridized carbons (Fsp3) is 0.304. The zero-order chi connectivity index (χ0) is 22.2. The van der Waals surface area contributed by atoms with E-state index in [2.05, 4.69) is 43.2 Å². The van der Waals surface area contributed by atoms with Crippen molar-refractivity contribution in [3.8, 4) is 11.1 Å². The second-order valence-electron chi connectivity index (χ2n) is 8.06. The van der Waals surface area contributed by atoms with Crippen LogP contribution in [0, 0.1) is 13.8 Å². The second-order valence-corrected chi connectivity index (χ2v) is 9.51. The van der Waals surface area contributed by atoms with Crippen LogP contribution in [0.25, 0.3) is 16.8 Å². The summed E-state index contributed by atoms with van der Waals surface area (Å²) in [7, 11) is 0. The van der Waals surface area contributed by atoms with Gasteiger partial charge in [0.15, 0.2) is 0 Å². The summed E-state index contributed by atoms with van der Waals surface area (Å²) in [5, 5.41) is 13.8. The molecule has 1 unspecified atom stereocenters. The van der Waals surface area contributed by atoms with Gasteiger partial charge in [0.2, 0.25) is 0 Å². The third-order valence-electron chi connectivity index (χ3n) is 5.75. The number of pyridine rings is 1. The molecule has 5 heterocycles. The molecule has 1 atom stereocenters. The topological polar surface area (TPSA) is 99.5 Å².